The first-order valence-corrected chi connectivity index (χ1v) is 6.22. The molecule has 0 saturated carbocycles. The third kappa shape index (κ3) is 3.22. The number of pyridine rings is 1. The van der Waals surface area contributed by atoms with Gasteiger partial charge in [0, 0.05) is 16.8 Å². The summed E-state index contributed by atoms with van der Waals surface area (Å²) >= 11 is 1.16. The van der Waals surface area contributed by atoms with Crippen LogP contribution in [-0.4, -0.2) is 4.98 Å². The molecule has 0 atom stereocenters. The molecule has 2 rings (SSSR count). The fourth-order valence-electron chi connectivity index (χ4n) is 1.42. The van der Waals surface area contributed by atoms with Crippen LogP contribution in [0.4, 0.5) is 18.9 Å². The van der Waals surface area contributed by atoms with E-state index in [9.17, 15) is 13.2 Å². The number of nitrogens with zero attached hydrogens (tertiary/aromatic N) is 2. The van der Waals surface area contributed by atoms with Crippen LogP contribution < -0.4 is 5.73 Å². The number of rotatable bonds is 2. The molecule has 0 bridgehead atoms. The maximum absolute atomic E-state index is 12.4. The molecule has 1 heterocycles. The van der Waals surface area contributed by atoms with Gasteiger partial charge in [-0.25, -0.2) is 4.98 Å². The van der Waals surface area contributed by atoms with E-state index in [1.165, 1.54) is 6.07 Å². The summed E-state index contributed by atoms with van der Waals surface area (Å²) in [6.45, 7) is 0. The maximum atomic E-state index is 12.4. The lowest BCUT2D eigenvalue weighted by molar-refractivity contribution is -0.137. The van der Waals surface area contributed by atoms with Crippen molar-refractivity contribution in [3.8, 4) is 6.07 Å². The molecule has 1 aromatic carbocycles. The van der Waals surface area contributed by atoms with Gasteiger partial charge in [-0.15, -0.1) is 0 Å². The molecule has 102 valence electrons. The highest BCUT2D eigenvalue weighted by Crippen LogP contribution is 2.32. The van der Waals surface area contributed by atoms with E-state index in [1.807, 2.05) is 6.07 Å². The van der Waals surface area contributed by atoms with Crippen LogP contribution in [0.2, 0.25) is 0 Å². The van der Waals surface area contributed by atoms with Crippen molar-refractivity contribution in [1.29, 1.82) is 5.26 Å². The number of nitrogens with two attached hydrogens (primary N) is 1. The maximum Gasteiger partial charge on any atom is 0.417 e. The molecule has 2 N–H and O–H groups in total. The third-order valence-electron chi connectivity index (χ3n) is 2.43. The molecule has 0 aliphatic rings. The number of anilines is 1. The largest absolute Gasteiger partial charge is 0.417 e. The summed E-state index contributed by atoms with van der Waals surface area (Å²) in [7, 11) is 0. The lowest BCUT2D eigenvalue weighted by Crippen LogP contribution is -2.05. The van der Waals surface area contributed by atoms with E-state index < -0.39 is 11.7 Å². The van der Waals surface area contributed by atoms with Crippen LogP contribution in [0.25, 0.3) is 0 Å². The van der Waals surface area contributed by atoms with Crippen LogP contribution >= 0.6 is 11.8 Å². The van der Waals surface area contributed by atoms with Crippen LogP contribution in [-0.2, 0) is 6.18 Å². The number of alkyl halides is 3. The number of hydrogen-bond donors (Lipinski definition) is 1. The molecule has 0 aliphatic carbocycles. The van der Waals surface area contributed by atoms with E-state index in [1.54, 1.807) is 18.2 Å². The normalized spacial score (nSPS) is 11.1. The minimum absolute atomic E-state index is 0.321. The molecule has 0 aliphatic heterocycles. The van der Waals surface area contributed by atoms with E-state index in [-0.39, 0.29) is 0 Å². The smallest absolute Gasteiger partial charge is 0.398 e. The van der Waals surface area contributed by atoms with E-state index in [2.05, 4.69) is 4.98 Å². The predicted molar refractivity (Wildman–Crippen MR) is 68.9 cm³/mol. The highest BCUT2D eigenvalue weighted by Gasteiger charge is 2.30. The van der Waals surface area contributed by atoms with E-state index in [0.29, 0.717) is 21.2 Å². The Kier molecular flexibility index (Phi) is 3.86. The zero-order chi connectivity index (χ0) is 14.8. The summed E-state index contributed by atoms with van der Waals surface area (Å²) in [5, 5.41) is 9.26. The lowest BCUT2D eigenvalue weighted by Gasteiger charge is -2.07. The van der Waals surface area contributed by atoms with Crippen LogP contribution in [0.15, 0.2) is 46.5 Å². The minimum atomic E-state index is -4.40. The Morgan fingerprint density at radius 1 is 1.20 bits per heavy atom. The first-order valence-electron chi connectivity index (χ1n) is 5.41. The van der Waals surface area contributed by atoms with E-state index >= 15 is 0 Å². The van der Waals surface area contributed by atoms with Gasteiger partial charge < -0.3 is 5.73 Å². The molecule has 7 heteroatoms. The molecule has 0 amide bonds. The molecule has 0 unspecified atom stereocenters. The molecule has 2 aromatic rings. The Balaban J connectivity index is 2.21. The Morgan fingerprint density at radius 3 is 2.50 bits per heavy atom. The average molecular weight is 295 g/mol. The minimum Gasteiger partial charge on any atom is -0.398 e. The fraction of sp³-hybridized carbons (Fsp3) is 0.0769. The second-order valence-electron chi connectivity index (χ2n) is 3.85. The molecule has 0 radical (unpaired) electrons. The van der Waals surface area contributed by atoms with Gasteiger partial charge in [0.25, 0.3) is 0 Å². The van der Waals surface area contributed by atoms with Crippen LogP contribution in [0.3, 0.4) is 0 Å². The van der Waals surface area contributed by atoms with Gasteiger partial charge in [0.2, 0.25) is 0 Å². The molecule has 20 heavy (non-hydrogen) atoms. The number of nitrogen functional groups attached to an aromatic ring is 1. The number of aromatic nitrogens is 1. The van der Waals surface area contributed by atoms with Crippen molar-refractivity contribution in [3.63, 3.8) is 0 Å². The van der Waals surface area contributed by atoms with Crippen LogP contribution in [0.1, 0.15) is 11.1 Å². The van der Waals surface area contributed by atoms with Crippen molar-refractivity contribution >= 4 is 17.4 Å². The van der Waals surface area contributed by atoms with E-state index in [0.717, 1.165) is 24.0 Å². The van der Waals surface area contributed by atoms with Crippen molar-refractivity contribution in [2.75, 3.05) is 5.73 Å². The van der Waals surface area contributed by atoms with Crippen molar-refractivity contribution < 1.29 is 13.2 Å². The number of nitriles is 1. The monoisotopic (exact) mass is 295 g/mol. The number of hydrogen-bond acceptors (Lipinski definition) is 4. The van der Waals surface area contributed by atoms with Gasteiger partial charge in [0.1, 0.15) is 11.1 Å². The van der Waals surface area contributed by atoms with Crippen molar-refractivity contribution in [3.05, 3.63) is 47.7 Å². The van der Waals surface area contributed by atoms with Gasteiger partial charge in [-0.05, 0) is 30.3 Å². The molecule has 0 fully saturated rings. The summed E-state index contributed by atoms with van der Waals surface area (Å²) in [4.78, 5) is 4.43. The second kappa shape index (κ2) is 5.43. The first kappa shape index (κ1) is 14.2. The SMILES string of the molecule is N#Cc1cc(Sc2ccc(C(F)(F)F)cn2)ccc1N. The lowest BCUT2D eigenvalue weighted by atomic mass is 10.2. The Hall–Kier alpha value is -2.20. The van der Waals surface area contributed by atoms with Crippen molar-refractivity contribution in [1.82, 2.24) is 4.98 Å². The Bertz CT molecular complexity index is 660. The van der Waals surface area contributed by atoms with Gasteiger partial charge in [-0.3, -0.25) is 0 Å². The van der Waals surface area contributed by atoms with Gasteiger partial charge in [0.15, 0.2) is 0 Å². The van der Waals surface area contributed by atoms with Crippen molar-refractivity contribution in [2.24, 2.45) is 0 Å². The van der Waals surface area contributed by atoms with Crippen molar-refractivity contribution in [2.45, 2.75) is 16.1 Å². The zero-order valence-corrected chi connectivity index (χ0v) is 10.8. The average Bonchev–Trinajstić information content (AvgIpc) is 2.40. The zero-order valence-electron chi connectivity index (χ0n) is 9.98. The summed E-state index contributed by atoms with van der Waals surface area (Å²) in [5.74, 6) is 0. The third-order valence-corrected chi connectivity index (χ3v) is 3.37. The molecule has 0 saturated heterocycles. The summed E-state index contributed by atoms with van der Waals surface area (Å²) in [6.07, 6.45) is -3.61. The summed E-state index contributed by atoms with van der Waals surface area (Å²) in [5.41, 5.74) is 5.47. The predicted octanol–water partition coefficient (Wildman–Crippen LogP) is 3.71. The highest BCUT2D eigenvalue weighted by molar-refractivity contribution is 7.99. The first-order chi connectivity index (χ1) is 9.40. The van der Waals surface area contributed by atoms with Gasteiger partial charge >= 0.3 is 6.18 Å². The summed E-state index contributed by atoms with van der Waals surface area (Å²) < 4.78 is 37.2. The summed E-state index contributed by atoms with van der Waals surface area (Å²) in [6, 6.07) is 9.02. The Labute approximate surface area is 117 Å². The molecular formula is C13H8F3N3S. The second-order valence-corrected chi connectivity index (χ2v) is 4.94. The molecular weight excluding hydrogens is 287 g/mol. The number of halogens is 3. The number of benzene rings is 1. The van der Waals surface area contributed by atoms with Crippen LogP contribution in [0, 0.1) is 11.3 Å². The van der Waals surface area contributed by atoms with Gasteiger partial charge in [0.05, 0.1) is 11.1 Å². The van der Waals surface area contributed by atoms with Crippen LogP contribution in [0.5, 0.6) is 0 Å². The fourth-order valence-corrected chi connectivity index (χ4v) is 2.22. The quantitative estimate of drug-likeness (QED) is 0.858. The Morgan fingerprint density at radius 2 is 1.95 bits per heavy atom. The standard InChI is InChI=1S/C13H8F3N3S/c14-13(15,16)9-1-4-12(19-7-9)20-10-2-3-11(18)8(5-10)6-17/h1-5,7H,18H2. The van der Waals surface area contributed by atoms with Gasteiger partial charge in [-0.1, -0.05) is 11.8 Å². The topological polar surface area (TPSA) is 62.7 Å². The van der Waals surface area contributed by atoms with E-state index in [4.69, 9.17) is 11.0 Å². The van der Waals surface area contributed by atoms with Gasteiger partial charge in [-0.2, -0.15) is 18.4 Å². The highest BCUT2D eigenvalue weighted by atomic mass is 32.2. The molecule has 1 aromatic heterocycles. The molecule has 0 spiro atoms. The molecule has 3 nitrogen and oxygen atoms in total.